The number of benzene rings is 1. The number of carbonyl (C=O) groups is 2. The summed E-state index contributed by atoms with van der Waals surface area (Å²) in [6.07, 6.45) is 0.415. The second kappa shape index (κ2) is 6.45. The highest BCUT2D eigenvalue weighted by molar-refractivity contribution is 6.29. The average Bonchev–Trinajstić information content (AvgIpc) is 2.95. The second-order valence-corrected chi connectivity index (χ2v) is 5.67. The zero-order valence-electron chi connectivity index (χ0n) is 12.4. The fourth-order valence-corrected chi connectivity index (χ4v) is 2.87. The minimum atomic E-state index is -1.38. The number of nitrogens with zero attached hydrogens (tertiary/aromatic N) is 2. The summed E-state index contributed by atoms with van der Waals surface area (Å²) >= 11 is 5.82. The van der Waals surface area contributed by atoms with E-state index in [-0.39, 0.29) is 10.8 Å². The molecule has 0 unspecified atom stereocenters. The molecule has 124 valence electrons. The summed E-state index contributed by atoms with van der Waals surface area (Å²) in [5.74, 6) is -1.16. The standard InChI is InChI=1S/C16H13ClFN3O3/c17-14-8-10(3-5-19-14)9-1-2-12(11(18)7-9)21(16(23)24)13-4-6-20-15(13)22/h1-3,5,7-8,13H,4,6H2,(H,20,22)(H,23,24)/t13-/m0/s1. The van der Waals surface area contributed by atoms with Gasteiger partial charge in [0.25, 0.3) is 0 Å². The van der Waals surface area contributed by atoms with Gasteiger partial charge in [-0.1, -0.05) is 17.7 Å². The maximum Gasteiger partial charge on any atom is 0.412 e. The summed E-state index contributed by atoms with van der Waals surface area (Å²) in [7, 11) is 0. The molecule has 2 amide bonds. The topological polar surface area (TPSA) is 82.5 Å². The number of rotatable bonds is 3. The van der Waals surface area contributed by atoms with Gasteiger partial charge < -0.3 is 10.4 Å². The van der Waals surface area contributed by atoms with E-state index in [0.29, 0.717) is 24.1 Å². The van der Waals surface area contributed by atoms with Crippen LogP contribution in [0.15, 0.2) is 36.5 Å². The zero-order valence-corrected chi connectivity index (χ0v) is 13.1. The number of halogens is 2. The molecular formula is C16H13ClFN3O3. The van der Waals surface area contributed by atoms with Crippen molar-refractivity contribution in [3.8, 4) is 11.1 Å². The normalized spacial score (nSPS) is 16.8. The predicted molar refractivity (Wildman–Crippen MR) is 86.6 cm³/mol. The van der Waals surface area contributed by atoms with Gasteiger partial charge in [-0.15, -0.1) is 0 Å². The third-order valence-corrected chi connectivity index (χ3v) is 4.01. The van der Waals surface area contributed by atoms with Crippen molar-refractivity contribution in [2.45, 2.75) is 12.5 Å². The molecule has 0 aliphatic carbocycles. The minimum Gasteiger partial charge on any atom is -0.465 e. The van der Waals surface area contributed by atoms with Crippen LogP contribution in [0.1, 0.15) is 6.42 Å². The summed E-state index contributed by atoms with van der Waals surface area (Å²) < 4.78 is 14.5. The van der Waals surface area contributed by atoms with Gasteiger partial charge in [-0.2, -0.15) is 0 Å². The first-order valence-corrected chi connectivity index (χ1v) is 7.56. The van der Waals surface area contributed by atoms with Gasteiger partial charge in [-0.05, 0) is 41.8 Å². The van der Waals surface area contributed by atoms with E-state index in [1.165, 1.54) is 18.3 Å². The SMILES string of the molecule is O=C1NCC[C@@H]1N(C(=O)O)c1ccc(-c2ccnc(Cl)c2)cc1F. The molecule has 2 heterocycles. The Morgan fingerprint density at radius 3 is 2.67 bits per heavy atom. The molecule has 0 bridgehead atoms. The fraction of sp³-hybridized carbons (Fsp3) is 0.188. The number of hydrogen-bond acceptors (Lipinski definition) is 3. The van der Waals surface area contributed by atoms with Crippen molar-refractivity contribution >= 4 is 29.3 Å². The number of carbonyl (C=O) groups excluding carboxylic acids is 1. The van der Waals surface area contributed by atoms with Crippen LogP contribution in [0.3, 0.4) is 0 Å². The van der Waals surface area contributed by atoms with Gasteiger partial charge in [0.2, 0.25) is 5.91 Å². The van der Waals surface area contributed by atoms with Crippen molar-refractivity contribution in [1.29, 1.82) is 0 Å². The summed E-state index contributed by atoms with van der Waals surface area (Å²) in [6, 6.07) is 6.45. The van der Waals surface area contributed by atoms with Crippen LogP contribution >= 0.6 is 11.6 Å². The van der Waals surface area contributed by atoms with Crippen LogP contribution in [-0.4, -0.2) is 34.7 Å². The van der Waals surface area contributed by atoms with Gasteiger partial charge in [-0.25, -0.2) is 14.2 Å². The Morgan fingerprint density at radius 1 is 1.33 bits per heavy atom. The summed E-state index contributed by atoms with van der Waals surface area (Å²) in [5, 5.41) is 12.2. The molecule has 1 aromatic carbocycles. The molecule has 1 atom stereocenters. The first kappa shape index (κ1) is 16.2. The quantitative estimate of drug-likeness (QED) is 0.835. The monoisotopic (exact) mass is 349 g/mol. The average molecular weight is 350 g/mol. The molecule has 2 aromatic rings. The molecule has 0 spiro atoms. The summed E-state index contributed by atoms with van der Waals surface area (Å²) in [6.45, 7) is 0.364. The second-order valence-electron chi connectivity index (χ2n) is 5.28. The molecule has 3 rings (SSSR count). The number of amides is 2. The molecule has 1 saturated heterocycles. The number of carboxylic acid groups (broad SMARTS) is 1. The Kier molecular flexibility index (Phi) is 4.35. The molecule has 6 nitrogen and oxygen atoms in total. The minimum absolute atomic E-state index is 0.159. The van der Waals surface area contributed by atoms with Gasteiger partial charge in [0.15, 0.2) is 0 Å². The highest BCUT2D eigenvalue weighted by atomic mass is 35.5. The smallest absolute Gasteiger partial charge is 0.412 e. The molecule has 1 aromatic heterocycles. The third kappa shape index (κ3) is 3.03. The van der Waals surface area contributed by atoms with Crippen LogP contribution in [0.25, 0.3) is 11.1 Å². The number of aromatic nitrogens is 1. The van der Waals surface area contributed by atoms with E-state index in [4.69, 9.17) is 11.6 Å². The zero-order chi connectivity index (χ0) is 17.3. The Labute approximate surface area is 141 Å². The van der Waals surface area contributed by atoms with Crippen molar-refractivity contribution in [2.24, 2.45) is 0 Å². The van der Waals surface area contributed by atoms with Crippen molar-refractivity contribution in [1.82, 2.24) is 10.3 Å². The largest absolute Gasteiger partial charge is 0.465 e. The van der Waals surface area contributed by atoms with E-state index >= 15 is 0 Å². The highest BCUT2D eigenvalue weighted by Crippen LogP contribution is 2.29. The number of hydrogen-bond donors (Lipinski definition) is 2. The van der Waals surface area contributed by atoms with Crippen molar-refractivity contribution in [3.63, 3.8) is 0 Å². The van der Waals surface area contributed by atoms with Crippen molar-refractivity contribution in [3.05, 3.63) is 47.5 Å². The first-order chi connectivity index (χ1) is 11.5. The molecule has 24 heavy (non-hydrogen) atoms. The van der Waals surface area contributed by atoms with Crippen LogP contribution in [0, 0.1) is 5.82 Å². The van der Waals surface area contributed by atoms with Crippen LogP contribution in [0.5, 0.6) is 0 Å². The third-order valence-electron chi connectivity index (χ3n) is 3.80. The van der Waals surface area contributed by atoms with E-state index in [2.05, 4.69) is 10.3 Å². The lowest BCUT2D eigenvalue weighted by Gasteiger charge is -2.24. The molecule has 2 N–H and O–H groups in total. The molecule has 1 aliphatic rings. The first-order valence-electron chi connectivity index (χ1n) is 7.18. The van der Waals surface area contributed by atoms with E-state index in [9.17, 15) is 19.1 Å². The number of nitrogens with one attached hydrogen (secondary N) is 1. The molecule has 0 saturated carbocycles. The summed E-state index contributed by atoms with van der Waals surface area (Å²) in [5.41, 5.74) is 1.02. The van der Waals surface area contributed by atoms with Crippen LogP contribution in [0.4, 0.5) is 14.9 Å². The Morgan fingerprint density at radius 2 is 2.08 bits per heavy atom. The lowest BCUT2D eigenvalue weighted by molar-refractivity contribution is -0.120. The van der Waals surface area contributed by atoms with Crippen molar-refractivity contribution in [2.75, 3.05) is 11.4 Å². The van der Waals surface area contributed by atoms with Gasteiger partial charge in [0.1, 0.15) is 17.0 Å². The summed E-state index contributed by atoms with van der Waals surface area (Å²) in [4.78, 5) is 27.9. The molecule has 8 heteroatoms. The maximum atomic E-state index is 14.5. The van der Waals surface area contributed by atoms with Crippen molar-refractivity contribution < 1.29 is 19.1 Å². The lowest BCUT2D eigenvalue weighted by atomic mass is 10.1. The van der Waals surface area contributed by atoms with Crippen LogP contribution < -0.4 is 10.2 Å². The molecule has 1 aliphatic heterocycles. The predicted octanol–water partition coefficient (Wildman–Crippen LogP) is 2.91. The van der Waals surface area contributed by atoms with Crippen LogP contribution in [-0.2, 0) is 4.79 Å². The van der Waals surface area contributed by atoms with Gasteiger partial charge in [0, 0.05) is 12.7 Å². The highest BCUT2D eigenvalue weighted by Gasteiger charge is 2.35. The van der Waals surface area contributed by atoms with Gasteiger partial charge in [-0.3, -0.25) is 9.69 Å². The molecule has 0 radical (unpaired) electrons. The molecular weight excluding hydrogens is 337 g/mol. The van der Waals surface area contributed by atoms with E-state index in [1.54, 1.807) is 18.2 Å². The number of anilines is 1. The van der Waals surface area contributed by atoms with Gasteiger partial charge >= 0.3 is 6.09 Å². The Bertz CT molecular complexity index is 815. The Balaban J connectivity index is 1.99. The lowest BCUT2D eigenvalue weighted by Crippen LogP contribution is -2.44. The van der Waals surface area contributed by atoms with Gasteiger partial charge in [0.05, 0.1) is 5.69 Å². The van der Waals surface area contributed by atoms with Crippen LogP contribution in [0.2, 0.25) is 5.15 Å². The Hall–Kier alpha value is -2.67. The maximum absolute atomic E-state index is 14.5. The van der Waals surface area contributed by atoms with E-state index in [0.717, 1.165) is 4.90 Å². The fourth-order valence-electron chi connectivity index (χ4n) is 2.70. The van der Waals surface area contributed by atoms with E-state index < -0.39 is 23.9 Å². The van der Waals surface area contributed by atoms with E-state index in [1.807, 2.05) is 0 Å². The molecule has 1 fully saturated rings. The number of pyridine rings is 1.